The lowest BCUT2D eigenvalue weighted by Gasteiger charge is -2.29. The molecule has 2 heterocycles. The molecule has 2 aliphatic rings. The van der Waals surface area contributed by atoms with E-state index in [0.717, 1.165) is 29.2 Å². The normalized spacial score (nSPS) is 26.9. The van der Waals surface area contributed by atoms with Gasteiger partial charge in [0.25, 0.3) is 0 Å². The number of halogens is 1. The standard InChI is InChI=1S/C19H20ClNO/c20-15-8-14(13-4-2-1-3-5-13)9-18(10-15)22-19-11-16-6-7-17(12-19)21-16/h1-5,8-10,16-17,19,21H,6-7,11-12H2/t16-,17-/m1/s1. The molecule has 0 amide bonds. The van der Waals surface area contributed by atoms with E-state index in [4.69, 9.17) is 16.3 Å². The lowest BCUT2D eigenvalue weighted by molar-refractivity contribution is 0.137. The van der Waals surface area contributed by atoms with Crippen LogP contribution >= 0.6 is 11.6 Å². The molecule has 3 heteroatoms. The Bertz CT molecular complexity index is 646. The van der Waals surface area contributed by atoms with Gasteiger partial charge in [-0.05, 0) is 55.0 Å². The van der Waals surface area contributed by atoms with E-state index in [9.17, 15) is 0 Å². The zero-order valence-electron chi connectivity index (χ0n) is 12.5. The highest BCUT2D eigenvalue weighted by Crippen LogP contribution is 2.33. The number of piperidine rings is 1. The van der Waals surface area contributed by atoms with Gasteiger partial charge in [-0.2, -0.15) is 0 Å². The van der Waals surface area contributed by atoms with Gasteiger partial charge in [0.05, 0.1) is 0 Å². The second kappa shape index (κ2) is 5.94. The molecule has 0 unspecified atom stereocenters. The van der Waals surface area contributed by atoms with Crippen LogP contribution < -0.4 is 10.1 Å². The molecule has 114 valence electrons. The van der Waals surface area contributed by atoms with E-state index in [1.165, 1.54) is 18.4 Å². The van der Waals surface area contributed by atoms with Crippen LogP contribution in [0.3, 0.4) is 0 Å². The largest absolute Gasteiger partial charge is 0.490 e. The number of benzene rings is 2. The summed E-state index contributed by atoms with van der Waals surface area (Å²) >= 11 is 6.29. The van der Waals surface area contributed by atoms with E-state index < -0.39 is 0 Å². The van der Waals surface area contributed by atoms with Crippen molar-refractivity contribution in [2.75, 3.05) is 0 Å². The lowest BCUT2D eigenvalue weighted by Crippen LogP contribution is -2.42. The summed E-state index contributed by atoms with van der Waals surface area (Å²) in [6, 6.07) is 17.6. The van der Waals surface area contributed by atoms with Gasteiger partial charge in [-0.1, -0.05) is 41.9 Å². The summed E-state index contributed by atoms with van der Waals surface area (Å²) < 4.78 is 6.25. The average Bonchev–Trinajstić information content (AvgIpc) is 2.86. The Labute approximate surface area is 136 Å². The van der Waals surface area contributed by atoms with Crippen molar-refractivity contribution >= 4 is 11.6 Å². The number of hydrogen-bond acceptors (Lipinski definition) is 2. The Hall–Kier alpha value is -1.51. The van der Waals surface area contributed by atoms with Crippen LogP contribution in [0.4, 0.5) is 0 Å². The predicted molar refractivity (Wildman–Crippen MR) is 90.5 cm³/mol. The minimum atomic E-state index is 0.306. The maximum absolute atomic E-state index is 6.29. The van der Waals surface area contributed by atoms with Gasteiger partial charge in [0.1, 0.15) is 11.9 Å². The van der Waals surface area contributed by atoms with Crippen molar-refractivity contribution in [3.63, 3.8) is 0 Å². The van der Waals surface area contributed by atoms with E-state index in [1.54, 1.807) is 0 Å². The van der Waals surface area contributed by atoms with Gasteiger partial charge in [0, 0.05) is 17.1 Å². The number of ether oxygens (including phenoxy) is 1. The summed E-state index contributed by atoms with van der Waals surface area (Å²) in [5.74, 6) is 0.887. The van der Waals surface area contributed by atoms with Crippen molar-refractivity contribution in [3.05, 3.63) is 53.6 Å². The van der Waals surface area contributed by atoms with Crippen LogP contribution in [0.15, 0.2) is 48.5 Å². The second-order valence-corrected chi connectivity index (χ2v) is 6.83. The molecule has 2 nitrogen and oxygen atoms in total. The summed E-state index contributed by atoms with van der Waals surface area (Å²) in [5, 5.41) is 4.38. The first-order valence-electron chi connectivity index (χ1n) is 8.05. The van der Waals surface area contributed by atoms with Crippen molar-refractivity contribution in [3.8, 4) is 16.9 Å². The van der Waals surface area contributed by atoms with Crippen LogP contribution in [-0.2, 0) is 0 Å². The highest BCUT2D eigenvalue weighted by atomic mass is 35.5. The third kappa shape index (κ3) is 2.99. The molecule has 0 aliphatic carbocycles. The molecule has 2 aromatic rings. The van der Waals surface area contributed by atoms with E-state index in [1.807, 2.05) is 30.3 Å². The Balaban J connectivity index is 1.56. The molecular weight excluding hydrogens is 294 g/mol. The van der Waals surface area contributed by atoms with E-state index in [0.29, 0.717) is 18.2 Å². The molecule has 22 heavy (non-hydrogen) atoms. The number of hydrogen-bond donors (Lipinski definition) is 1. The van der Waals surface area contributed by atoms with Crippen molar-refractivity contribution in [2.24, 2.45) is 0 Å². The van der Waals surface area contributed by atoms with Gasteiger partial charge in [-0.15, -0.1) is 0 Å². The quantitative estimate of drug-likeness (QED) is 0.889. The predicted octanol–water partition coefficient (Wildman–Crippen LogP) is 4.67. The highest BCUT2D eigenvalue weighted by molar-refractivity contribution is 6.31. The van der Waals surface area contributed by atoms with E-state index in [-0.39, 0.29) is 0 Å². The fourth-order valence-electron chi connectivity index (χ4n) is 3.72. The summed E-state index contributed by atoms with van der Waals surface area (Å²) in [5.41, 5.74) is 2.28. The molecule has 2 aromatic carbocycles. The number of fused-ring (bicyclic) bond motifs is 2. The smallest absolute Gasteiger partial charge is 0.121 e. The maximum atomic E-state index is 6.29. The third-order valence-corrected chi connectivity index (χ3v) is 4.93. The number of nitrogens with one attached hydrogen (secondary N) is 1. The molecule has 0 saturated carbocycles. The molecule has 0 aromatic heterocycles. The molecule has 1 N–H and O–H groups in total. The Morgan fingerprint density at radius 2 is 1.64 bits per heavy atom. The Morgan fingerprint density at radius 3 is 2.36 bits per heavy atom. The van der Waals surface area contributed by atoms with Gasteiger partial charge >= 0.3 is 0 Å². The first-order chi connectivity index (χ1) is 10.8. The maximum Gasteiger partial charge on any atom is 0.121 e. The Kier molecular flexibility index (Phi) is 3.81. The molecule has 2 fully saturated rings. The molecule has 2 bridgehead atoms. The van der Waals surface area contributed by atoms with Crippen molar-refractivity contribution < 1.29 is 4.74 Å². The highest BCUT2D eigenvalue weighted by Gasteiger charge is 2.34. The van der Waals surface area contributed by atoms with Crippen LogP contribution in [0.2, 0.25) is 5.02 Å². The van der Waals surface area contributed by atoms with Crippen LogP contribution in [0.1, 0.15) is 25.7 Å². The first-order valence-corrected chi connectivity index (χ1v) is 8.43. The molecule has 2 aliphatic heterocycles. The first kappa shape index (κ1) is 14.1. The monoisotopic (exact) mass is 313 g/mol. The second-order valence-electron chi connectivity index (χ2n) is 6.39. The summed E-state index contributed by atoms with van der Waals surface area (Å²) in [6.45, 7) is 0. The van der Waals surface area contributed by atoms with Gasteiger partial charge in [-0.25, -0.2) is 0 Å². The van der Waals surface area contributed by atoms with E-state index >= 15 is 0 Å². The zero-order valence-corrected chi connectivity index (χ0v) is 13.2. The molecule has 0 radical (unpaired) electrons. The van der Waals surface area contributed by atoms with Crippen molar-refractivity contribution in [1.29, 1.82) is 0 Å². The summed E-state index contributed by atoms with van der Waals surface area (Å²) in [7, 11) is 0. The van der Waals surface area contributed by atoms with Crippen molar-refractivity contribution in [1.82, 2.24) is 5.32 Å². The lowest BCUT2D eigenvalue weighted by atomic mass is 10.0. The number of rotatable bonds is 3. The van der Waals surface area contributed by atoms with Gasteiger partial charge in [0.2, 0.25) is 0 Å². The summed E-state index contributed by atoms with van der Waals surface area (Å²) in [4.78, 5) is 0. The van der Waals surface area contributed by atoms with Gasteiger partial charge in [-0.3, -0.25) is 0 Å². The molecule has 2 atom stereocenters. The van der Waals surface area contributed by atoms with Crippen LogP contribution in [0, 0.1) is 0 Å². The van der Waals surface area contributed by atoms with Crippen LogP contribution in [0.5, 0.6) is 5.75 Å². The minimum absolute atomic E-state index is 0.306. The van der Waals surface area contributed by atoms with Gasteiger partial charge < -0.3 is 10.1 Å². The molecule has 0 spiro atoms. The van der Waals surface area contributed by atoms with E-state index in [2.05, 4.69) is 23.5 Å². The fourth-order valence-corrected chi connectivity index (χ4v) is 3.95. The van der Waals surface area contributed by atoms with Crippen LogP contribution in [-0.4, -0.2) is 18.2 Å². The van der Waals surface area contributed by atoms with Crippen molar-refractivity contribution in [2.45, 2.75) is 43.9 Å². The molecular formula is C19H20ClNO. The van der Waals surface area contributed by atoms with Gasteiger partial charge in [0.15, 0.2) is 0 Å². The van der Waals surface area contributed by atoms with Crippen LogP contribution in [0.25, 0.3) is 11.1 Å². The SMILES string of the molecule is Clc1cc(OC2C[C@H]3CC[C@H](C2)N3)cc(-c2ccccc2)c1. The average molecular weight is 314 g/mol. The minimum Gasteiger partial charge on any atom is -0.490 e. The Morgan fingerprint density at radius 1 is 0.909 bits per heavy atom. The third-order valence-electron chi connectivity index (χ3n) is 4.71. The summed E-state index contributed by atoms with van der Waals surface area (Å²) in [6.07, 6.45) is 5.08. The molecule has 2 saturated heterocycles. The zero-order chi connectivity index (χ0) is 14.9. The fraction of sp³-hybridized carbons (Fsp3) is 0.368. The topological polar surface area (TPSA) is 21.3 Å². The molecule has 4 rings (SSSR count).